The van der Waals surface area contributed by atoms with E-state index in [1.807, 2.05) is 17.5 Å². The van der Waals surface area contributed by atoms with E-state index in [4.69, 9.17) is 0 Å². The molecule has 3 rings (SSSR count). The Labute approximate surface area is 140 Å². The summed E-state index contributed by atoms with van der Waals surface area (Å²) in [6, 6.07) is 10.4. The van der Waals surface area contributed by atoms with Gasteiger partial charge in [0.1, 0.15) is 6.33 Å². The topological polar surface area (TPSA) is 102 Å². The maximum absolute atomic E-state index is 12.0. The zero-order chi connectivity index (χ0) is 16.8. The van der Waals surface area contributed by atoms with E-state index < -0.39 is 11.8 Å². The van der Waals surface area contributed by atoms with Gasteiger partial charge in [-0.3, -0.25) is 20.4 Å². The molecule has 0 saturated carbocycles. The highest BCUT2D eigenvalue weighted by atomic mass is 32.1. The van der Waals surface area contributed by atoms with E-state index in [1.54, 1.807) is 30.3 Å². The van der Waals surface area contributed by atoms with Crippen LogP contribution in [-0.4, -0.2) is 32.0 Å². The highest BCUT2D eigenvalue weighted by molar-refractivity contribution is 7.10. The normalized spacial score (nSPS) is 10.7. The molecule has 2 heterocycles. The summed E-state index contributed by atoms with van der Waals surface area (Å²) in [7, 11) is 0. The number of thiophene rings is 1. The molecule has 0 unspecified atom stereocenters. The van der Waals surface area contributed by atoms with Crippen molar-refractivity contribution in [3.8, 4) is 5.69 Å². The third kappa shape index (κ3) is 3.90. The summed E-state index contributed by atoms with van der Waals surface area (Å²) < 4.78 is 1.47. The predicted octanol–water partition coefficient (Wildman–Crippen LogP) is 1.20. The van der Waals surface area contributed by atoms with Crippen molar-refractivity contribution in [3.63, 3.8) is 0 Å². The number of nitrogens with zero attached hydrogens (tertiary/aromatic N) is 4. The van der Waals surface area contributed by atoms with E-state index in [-0.39, 0.29) is 0 Å². The molecule has 0 aliphatic rings. The molecule has 2 N–H and O–H groups in total. The minimum absolute atomic E-state index is 0.398. The molecule has 0 spiro atoms. The van der Waals surface area contributed by atoms with Crippen molar-refractivity contribution < 1.29 is 9.59 Å². The molecule has 3 aromatic rings. The van der Waals surface area contributed by atoms with Crippen molar-refractivity contribution in [2.75, 3.05) is 0 Å². The van der Waals surface area contributed by atoms with Gasteiger partial charge in [0.25, 0.3) is 11.8 Å². The number of carbonyl (C=O) groups is 2. The van der Waals surface area contributed by atoms with E-state index in [2.05, 4.69) is 26.4 Å². The van der Waals surface area contributed by atoms with Gasteiger partial charge in [-0.15, -0.1) is 16.4 Å². The van der Waals surface area contributed by atoms with Crippen molar-refractivity contribution in [1.82, 2.24) is 31.1 Å². The van der Waals surface area contributed by atoms with Crippen LogP contribution in [0.15, 0.2) is 54.2 Å². The smallest absolute Gasteiger partial charge is 0.268 e. The van der Waals surface area contributed by atoms with E-state index in [0.717, 1.165) is 10.6 Å². The number of benzene rings is 1. The molecule has 120 valence electrons. The van der Waals surface area contributed by atoms with Gasteiger partial charge in [0.15, 0.2) is 0 Å². The number of carbonyl (C=O) groups excluding carboxylic acids is 2. The fourth-order valence-corrected chi connectivity index (χ4v) is 2.44. The van der Waals surface area contributed by atoms with Gasteiger partial charge in [0, 0.05) is 16.5 Å². The molecule has 2 aromatic heterocycles. The summed E-state index contributed by atoms with van der Waals surface area (Å²) in [6.45, 7) is 0. The minimum Gasteiger partial charge on any atom is -0.268 e. The van der Waals surface area contributed by atoms with Gasteiger partial charge >= 0.3 is 0 Å². The van der Waals surface area contributed by atoms with Gasteiger partial charge in [-0.25, -0.2) is 4.68 Å². The molecule has 0 radical (unpaired) electrons. The molecule has 1 aromatic carbocycles. The quantitative estimate of drug-likeness (QED) is 0.549. The molecule has 0 fully saturated rings. The Morgan fingerprint density at radius 2 is 1.96 bits per heavy atom. The maximum atomic E-state index is 12.0. The third-order valence-electron chi connectivity index (χ3n) is 2.98. The molecular weight excluding hydrogens is 328 g/mol. The summed E-state index contributed by atoms with van der Waals surface area (Å²) in [5.41, 5.74) is 5.80. The number of amides is 2. The van der Waals surface area contributed by atoms with Crippen molar-refractivity contribution in [2.45, 2.75) is 0 Å². The number of tetrazole rings is 1. The van der Waals surface area contributed by atoms with Crippen molar-refractivity contribution in [2.24, 2.45) is 0 Å². The Morgan fingerprint density at radius 3 is 2.62 bits per heavy atom. The zero-order valence-corrected chi connectivity index (χ0v) is 13.1. The Bertz CT molecular complexity index is 841. The van der Waals surface area contributed by atoms with Gasteiger partial charge in [0.05, 0.1) is 5.69 Å². The number of hydrogen-bond donors (Lipinski definition) is 2. The lowest BCUT2D eigenvalue weighted by Crippen LogP contribution is -2.40. The second-order valence-corrected chi connectivity index (χ2v) is 5.57. The average Bonchev–Trinajstić information content (AvgIpc) is 3.31. The lowest BCUT2D eigenvalue weighted by molar-refractivity contribution is -0.117. The fourth-order valence-electron chi connectivity index (χ4n) is 1.82. The van der Waals surface area contributed by atoms with Crippen molar-refractivity contribution >= 4 is 29.2 Å². The van der Waals surface area contributed by atoms with Crippen LogP contribution in [0.5, 0.6) is 0 Å². The summed E-state index contributed by atoms with van der Waals surface area (Å²) >= 11 is 1.52. The van der Waals surface area contributed by atoms with Gasteiger partial charge in [-0.05, 0) is 52.2 Å². The van der Waals surface area contributed by atoms with Crippen LogP contribution in [0, 0.1) is 0 Å². The standard InChI is InChI=1S/C15H12N6O2S/c22-14(8-7-13-2-1-9-24-13)17-18-15(23)11-3-5-12(6-4-11)21-10-16-19-20-21/h1-10H,(H,17,22)(H,18,23)/b8-7+. The Hall–Kier alpha value is -3.33. The lowest BCUT2D eigenvalue weighted by atomic mass is 10.2. The maximum Gasteiger partial charge on any atom is 0.269 e. The highest BCUT2D eigenvalue weighted by Gasteiger charge is 2.07. The van der Waals surface area contributed by atoms with Crippen LogP contribution in [0.3, 0.4) is 0 Å². The van der Waals surface area contributed by atoms with E-state index in [0.29, 0.717) is 5.56 Å². The van der Waals surface area contributed by atoms with Crippen LogP contribution in [0.25, 0.3) is 11.8 Å². The zero-order valence-electron chi connectivity index (χ0n) is 12.3. The third-order valence-corrected chi connectivity index (χ3v) is 3.82. The minimum atomic E-state index is -0.420. The molecular formula is C15H12N6O2S. The number of rotatable bonds is 4. The Morgan fingerprint density at radius 1 is 1.12 bits per heavy atom. The van der Waals surface area contributed by atoms with Crippen LogP contribution in [0.2, 0.25) is 0 Å². The molecule has 8 nitrogen and oxygen atoms in total. The molecule has 2 amide bonds. The largest absolute Gasteiger partial charge is 0.269 e. The first kappa shape index (κ1) is 15.6. The molecule has 24 heavy (non-hydrogen) atoms. The van der Waals surface area contributed by atoms with Gasteiger partial charge < -0.3 is 0 Å². The van der Waals surface area contributed by atoms with Crippen molar-refractivity contribution in [3.05, 3.63) is 64.6 Å². The molecule has 0 aliphatic carbocycles. The van der Waals surface area contributed by atoms with Gasteiger partial charge in [0.2, 0.25) is 0 Å². The molecule has 0 atom stereocenters. The van der Waals surface area contributed by atoms with Gasteiger partial charge in [-0.2, -0.15) is 0 Å². The highest BCUT2D eigenvalue weighted by Crippen LogP contribution is 2.10. The summed E-state index contributed by atoms with van der Waals surface area (Å²) in [5, 5.41) is 12.7. The van der Waals surface area contributed by atoms with E-state index in [1.165, 1.54) is 28.4 Å². The first-order valence-corrected chi connectivity index (χ1v) is 7.76. The first-order chi connectivity index (χ1) is 11.7. The van der Waals surface area contributed by atoms with E-state index in [9.17, 15) is 9.59 Å². The van der Waals surface area contributed by atoms with Crippen LogP contribution in [0.1, 0.15) is 15.2 Å². The van der Waals surface area contributed by atoms with Crippen LogP contribution in [0.4, 0.5) is 0 Å². The molecule has 0 bridgehead atoms. The predicted molar refractivity (Wildman–Crippen MR) is 88.1 cm³/mol. The number of aromatic nitrogens is 4. The van der Waals surface area contributed by atoms with E-state index >= 15 is 0 Å². The summed E-state index contributed by atoms with van der Waals surface area (Å²) in [4.78, 5) is 24.6. The van der Waals surface area contributed by atoms with Crippen LogP contribution >= 0.6 is 11.3 Å². The second-order valence-electron chi connectivity index (χ2n) is 4.59. The van der Waals surface area contributed by atoms with Crippen molar-refractivity contribution in [1.29, 1.82) is 0 Å². The van der Waals surface area contributed by atoms with Gasteiger partial charge in [-0.1, -0.05) is 6.07 Å². The van der Waals surface area contributed by atoms with Crippen LogP contribution in [-0.2, 0) is 4.79 Å². The molecule has 0 aliphatic heterocycles. The fraction of sp³-hybridized carbons (Fsp3) is 0. The number of hydrogen-bond acceptors (Lipinski definition) is 6. The summed E-state index contributed by atoms with van der Waals surface area (Å²) in [6.07, 6.45) is 4.48. The Balaban J connectivity index is 1.54. The number of hydrazine groups is 1. The first-order valence-electron chi connectivity index (χ1n) is 6.88. The SMILES string of the molecule is O=C(/C=C/c1cccs1)NNC(=O)c1ccc(-n2cnnn2)cc1. The summed E-state index contributed by atoms with van der Waals surface area (Å²) in [5.74, 6) is -0.835. The molecule has 9 heteroatoms. The monoisotopic (exact) mass is 340 g/mol. The van der Waals surface area contributed by atoms with Crippen LogP contribution < -0.4 is 10.9 Å². The lowest BCUT2D eigenvalue weighted by Gasteiger charge is -2.06. The molecule has 0 saturated heterocycles. The Kier molecular flexibility index (Phi) is 4.73. The second kappa shape index (κ2) is 7.29. The average molecular weight is 340 g/mol. The number of nitrogens with one attached hydrogen (secondary N) is 2.